The third kappa shape index (κ3) is 2.60. The fourth-order valence-electron chi connectivity index (χ4n) is 1.15. The van der Waals surface area contributed by atoms with Crippen LogP contribution in [0.1, 0.15) is 6.42 Å². The summed E-state index contributed by atoms with van der Waals surface area (Å²) in [5.41, 5.74) is 0. The van der Waals surface area contributed by atoms with Crippen molar-refractivity contribution in [3.05, 3.63) is 16.7 Å². The fraction of sp³-hybridized carbons (Fsp3) is 0.333. The van der Waals surface area contributed by atoms with Gasteiger partial charge in [0.25, 0.3) is 0 Å². The minimum atomic E-state index is 0.207. The summed E-state index contributed by atoms with van der Waals surface area (Å²) in [6.07, 6.45) is 0.762. The van der Waals surface area contributed by atoms with Crippen molar-refractivity contribution >= 4 is 44.9 Å². The molecule has 0 unspecified atom stereocenters. The number of thioether (sulfide) groups is 1. The lowest BCUT2D eigenvalue weighted by molar-refractivity contribution is 0.296. The predicted octanol–water partition coefficient (Wildman–Crippen LogP) is 2.82. The molecule has 2 rings (SSSR count). The molecular weight excluding hydrogens is 252 g/mol. The second-order valence-electron chi connectivity index (χ2n) is 2.86. The van der Waals surface area contributed by atoms with E-state index in [4.69, 9.17) is 16.7 Å². The van der Waals surface area contributed by atoms with Crippen LogP contribution in [0.5, 0.6) is 0 Å². The molecule has 0 amide bonds. The van der Waals surface area contributed by atoms with Crippen LogP contribution in [0.25, 0.3) is 10.2 Å². The van der Waals surface area contributed by atoms with E-state index in [0.717, 1.165) is 27.4 Å². The van der Waals surface area contributed by atoms with Gasteiger partial charge in [-0.2, -0.15) is 0 Å². The third-order valence-electron chi connectivity index (χ3n) is 1.80. The minimum absolute atomic E-state index is 0.207. The zero-order chi connectivity index (χ0) is 10.7. The van der Waals surface area contributed by atoms with Crippen LogP contribution in [0.3, 0.4) is 0 Å². The summed E-state index contributed by atoms with van der Waals surface area (Å²) in [6, 6.07) is 2.00. The van der Waals surface area contributed by atoms with Gasteiger partial charge in [0.1, 0.15) is 9.86 Å². The zero-order valence-electron chi connectivity index (χ0n) is 7.81. The smallest absolute Gasteiger partial charge is 0.224 e. The summed E-state index contributed by atoms with van der Waals surface area (Å²) in [7, 11) is 0. The van der Waals surface area contributed by atoms with Gasteiger partial charge in [-0.1, -0.05) is 0 Å². The number of hydrogen-bond acceptors (Lipinski definition) is 5. The molecule has 3 nitrogen and oxygen atoms in total. The quantitative estimate of drug-likeness (QED) is 0.397. The van der Waals surface area contributed by atoms with Gasteiger partial charge in [-0.3, -0.25) is 0 Å². The van der Waals surface area contributed by atoms with E-state index in [1.807, 2.05) is 11.4 Å². The van der Waals surface area contributed by atoms with Gasteiger partial charge in [0, 0.05) is 17.7 Å². The molecule has 0 aliphatic heterocycles. The maximum atomic E-state index is 8.70. The highest BCUT2D eigenvalue weighted by atomic mass is 35.5. The van der Waals surface area contributed by atoms with Crippen LogP contribution in [0, 0.1) is 0 Å². The van der Waals surface area contributed by atoms with E-state index in [0.29, 0.717) is 0 Å². The van der Waals surface area contributed by atoms with Gasteiger partial charge < -0.3 is 5.11 Å². The topological polar surface area (TPSA) is 46.0 Å². The molecule has 0 aliphatic carbocycles. The molecule has 2 heterocycles. The summed E-state index contributed by atoms with van der Waals surface area (Å²) in [5, 5.41) is 12.9. The van der Waals surface area contributed by atoms with Crippen molar-refractivity contribution in [1.29, 1.82) is 0 Å². The van der Waals surface area contributed by atoms with Crippen LogP contribution in [-0.4, -0.2) is 27.4 Å². The molecule has 2 aromatic heterocycles. The first kappa shape index (κ1) is 11.1. The molecule has 15 heavy (non-hydrogen) atoms. The molecule has 0 saturated carbocycles. The van der Waals surface area contributed by atoms with Crippen molar-refractivity contribution in [2.24, 2.45) is 0 Å². The van der Waals surface area contributed by atoms with Gasteiger partial charge in [-0.15, -0.1) is 23.1 Å². The first-order valence-electron chi connectivity index (χ1n) is 4.45. The second-order valence-corrected chi connectivity index (χ2v) is 5.18. The molecule has 0 aliphatic rings. The van der Waals surface area contributed by atoms with Crippen molar-refractivity contribution < 1.29 is 5.11 Å². The number of hydrogen-bond donors (Lipinski definition) is 1. The predicted molar refractivity (Wildman–Crippen MR) is 64.9 cm³/mol. The van der Waals surface area contributed by atoms with Gasteiger partial charge in [0.05, 0.1) is 0 Å². The molecule has 0 spiro atoms. The Hall–Kier alpha value is -0.360. The lowest BCUT2D eigenvalue weighted by atomic mass is 10.4. The maximum Gasteiger partial charge on any atom is 0.224 e. The van der Waals surface area contributed by atoms with Crippen LogP contribution in [0.4, 0.5) is 0 Å². The van der Waals surface area contributed by atoms with E-state index in [1.54, 1.807) is 23.1 Å². The minimum Gasteiger partial charge on any atom is -0.396 e. The first-order valence-corrected chi connectivity index (χ1v) is 6.70. The van der Waals surface area contributed by atoms with Crippen LogP contribution < -0.4 is 0 Å². The van der Waals surface area contributed by atoms with Gasteiger partial charge in [-0.25, -0.2) is 9.97 Å². The number of rotatable bonds is 4. The van der Waals surface area contributed by atoms with E-state index < -0.39 is 0 Å². The van der Waals surface area contributed by atoms with E-state index in [2.05, 4.69) is 9.97 Å². The lowest BCUT2D eigenvalue weighted by Crippen LogP contribution is -1.90. The van der Waals surface area contributed by atoms with Crippen LogP contribution in [0.2, 0.25) is 5.28 Å². The Kier molecular flexibility index (Phi) is 3.80. The number of halogens is 1. The monoisotopic (exact) mass is 260 g/mol. The zero-order valence-corrected chi connectivity index (χ0v) is 10.2. The van der Waals surface area contributed by atoms with Gasteiger partial charge in [0.2, 0.25) is 5.28 Å². The molecule has 1 N–H and O–H groups in total. The van der Waals surface area contributed by atoms with Gasteiger partial charge in [-0.05, 0) is 29.5 Å². The number of aliphatic hydroxyl groups is 1. The average molecular weight is 261 g/mol. The van der Waals surface area contributed by atoms with Crippen molar-refractivity contribution in [3.8, 4) is 0 Å². The summed E-state index contributed by atoms with van der Waals surface area (Å²) >= 11 is 8.98. The highest BCUT2D eigenvalue weighted by molar-refractivity contribution is 7.99. The van der Waals surface area contributed by atoms with E-state index in [1.165, 1.54) is 0 Å². The molecule has 0 bridgehead atoms. The molecule has 0 atom stereocenters. The summed E-state index contributed by atoms with van der Waals surface area (Å²) in [4.78, 5) is 9.24. The Morgan fingerprint density at radius 1 is 1.47 bits per heavy atom. The normalized spacial score (nSPS) is 11.1. The van der Waals surface area contributed by atoms with Gasteiger partial charge in [0.15, 0.2) is 0 Å². The first-order chi connectivity index (χ1) is 7.31. The Morgan fingerprint density at radius 2 is 2.33 bits per heavy atom. The highest BCUT2D eigenvalue weighted by Gasteiger charge is 2.07. The van der Waals surface area contributed by atoms with Gasteiger partial charge >= 0.3 is 0 Å². The lowest BCUT2D eigenvalue weighted by Gasteiger charge is -2.01. The Balaban J connectivity index is 2.27. The number of aromatic nitrogens is 2. The molecule has 6 heteroatoms. The van der Waals surface area contributed by atoms with Crippen LogP contribution >= 0.6 is 34.7 Å². The van der Waals surface area contributed by atoms with Crippen molar-refractivity contribution in [1.82, 2.24) is 9.97 Å². The number of thiophene rings is 1. The highest BCUT2D eigenvalue weighted by Crippen LogP contribution is 2.29. The Labute approximate surface area is 101 Å². The van der Waals surface area contributed by atoms with Crippen molar-refractivity contribution in [3.63, 3.8) is 0 Å². The number of aliphatic hydroxyl groups excluding tert-OH is 1. The average Bonchev–Trinajstić information content (AvgIpc) is 2.65. The third-order valence-corrected chi connectivity index (χ3v) is 3.86. The molecular formula is C9H9ClN2OS2. The fourth-order valence-corrected chi connectivity index (χ4v) is 3.18. The summed E-state index contributed by atoms with van der Waals surface area (Å²) in [5.74, 6) is 0.842. The van der Waals surface area contributed by atoms with E-state index in [-0.39, 0.29) is 11.9 Å². The molecule has 0 fully saturated rings. The number of fused-ring (bicyclic) bond motifs is 1. The Bertz CT molecular complexity index is 460. The summed E-state index contributed by atoms with van der Waals surface area (Å²) in [6.45, 7) is 0.207. The molecule has 0 radical (unpaired) electrons. The molecule has 80 valence electrons. The summed E-state index contributed by atoms with van der Waals surface area (Å²) < 4.78 is 0. The van der Waals surface area contributed by atoms with Crippen molar-refractivity contribution in [2.45, 2.75) is 11.4 Å². The van der Waals surface area contributed by atoms with Crippen molar-refractivity contribution in [2.75, 3.05) is 12.4 Å². The molecule has 0 aromatic carbocycles. The maximum absolute atomic E-state index is 8.70. The molecule has 2 aromatic rings. The standard InChI is InChI=1S/C9H9ClN2OS2/c10-9-11-7(14-4-1-3-13)6-2-5-15-8(6)12-9/h2,5,13H,1,3-4H2. The van der Waals surface area contributed by atoms with E-state index >= 15 is 0 Å². The Morgan fingerprint density at radius 3 is 3.13 bits per heavy atom. The molecule has 0 saturated heterocycles. The largest absolute Gasteiger partial charge is 0.396 e. The number of nitrogens with zero attached hydrogens (tertiary/aromatic N) is 2. The SMILES string of the molecule is OCCCSc1nc(Cl)nc2sccc12. The van der Waals surface area contributed by atoms with Crippen LogP contribution in [-0.2, 0) is 0 Å². The van der Waals surface area contributed by atoms with E-state index in [9.17, 15) is 0 Å². The second kappa shape index (κ2) is 5.12. The van der Waals surface area contributed by atoms with Crippen LogP contribution in [0.15, 0.2) is 16.5 Å².